The Morgan fingerprint density at radius 3 is 2.74 bits per heavy atom. The standard InChI is InChI=1S/C15H17NO2S/c17-15(12-19-14-8-2-1-3-9-14)16-10-4-6-13-7-5-11-18-13/h1-3,5,7-9,11H,4,6,10,12H2,(H,16,17). The molecule has 0 aliphatic heterocycles. The van der Waals surface area contributed by atoms with Crippen molar-refractivity contribution in [1.29, 1.82) is 0 Å². The van der Waals surface area contributed by atoms with Gasteiger partial charge in [0.05, 0.1) is 12.0 Å². The molecule has 1 aromatic heterocycles. The van der Waals surface area contributed by atoms with Gasteiger partial charge in [0.25, 0.3) is 0 Å². The van der Waals surface area contributed by atoms with Crippen molar-refractivity contribution in [2.75, 3.05) is 12.3 Å². The number of hydrogen-bond donors (Lipinski definition) is 1. The van der Waals surface area contributed by atoms with E-state index in [0.717, 1.165) is 23.5 Å². The predicted molar refractivity (Wildman–Crippen MR) is 77.2 cm³/mol. The van der Waals surface area contributed by atoms with Gasteiger partial charge in [0.1, 0.15) is 5.76 Å². The smallest absolute Gasteiger partial charge is 0.230 e. The van der Waals surface area contributed by atoms with E-state index in [9.17, 15) is 4.79 Å². The Balaban J connectivity index is 1.57. The Labute approximate surface area is 117 Å². The summed E-state index contributed by atoms with van der Waals surface area (Å²) in [4.78, 5) is 12.7. The van der Waals surface area contributed by atoms with Crippen LogP contribution in [0.15, 0.2) is 58.0 Å². The van der Waals surface area contributed by atoms with Crippen molar-refractivity contribution >= 4 is 17.7 Å². The highest BCUT2D eigenvalue weighted by Crippen LogP contribution is 2.16. The molecule has 2 aromatic rings. The summed E-state index contributed by atoms with van der Waals surface area (Å²) in [5.41, 5.74) is 0. The van der Waals surface area contributed by atoms with Crippen molar-refractivity contribution in [3.05, 3.63) is 54.5 Å². The normalized spacial score (nSPS) is 10.3. The molecule has 0 atom stereocenters. The third kappa shape index (κ3) is 5.22. The summed E-state index contributed by atoms with van der Waals surface area (Å²) < 4.78 is 5.23. The van der Waals surface area contributed by atoms with Gasteiger partial charge in [0.2, 0.25) is 5.91 Å². The first kappa shape index (κ1) is 13.7. The number of thioether (sulfide) groups is 1. The van der Waals surface area contributed by atoms with Gasteiger partial charge in [-0.2, -0.15) is 0 Å². The lowest BCUT2D eigenvalue weighted by Gasteiger charge is -2.04. The van der Waals surface area contributed by atoms with Gasteiger partial charge in [-0.1, -0.05) is 18.2 Å². The van der Waals surface area contributed by atoms with E-state index < -0.39 is 0 Å². The first-order valence-electron chi connectivity index (χ1n) is 6.31. The van der Waals surface area contributed by atoms with Crippen molar-refractivity contribution in [2.24, 2.45) is 0 Å². The predicted octanol–water partition coefficient (Wildman–Crippen LogP) is 3.12. The number of aryl methyl sites for hydroxylation is 1. The molecule has 0 saturated heterocycles. The Hall–Kier alpha value is -1.68. The van der Waals surface area contributed by atoms with Crippen molar-refractivity contribution in [3.63, 3.8) is 0 Å². The zero-order valence-electron chi connectivity index (χ0n) is 10.7. The van der Waals surface area contributed by atoms with Crippen molar-refractivity contribution in [1.82, 2.24) is 5.32 Å². The van der Waals surface area contributed by atoms with Gasteiger partial charge < -0.3 is 9.73 Å². The summed E-state index contributed by atoms with van der Waals surface area (Å²) in [6, 6.07) is 13.8. The average Bonchev–Trinajstić information content (AvgIpc) is 2.96. The fourth-order valence-corrected chi connectivity index (χ4v) is 2.41. The summed E-state index contributed by atoms with van der Waals surface area (Å²) >= 11 is 1.55. The molecule has 0 bridgehead atoms. The van der Waals surface area contributed by atoms with E-state index in [1.165, 1.54) is 0 Å². The molecular formula is C15H17NO2S. The van der Waals surface area contributed by atoms with Gasteiger partial charge in [0, 0.05) is 17.9 Å². The number of benzene rings is 1. The van der Waals surface area contributed by atoms with Crippen LogP contribution >= 0.6 is 11.8 Å². The molecule has 0 aliphatic carbocycles. The first-order chi connectivity index (χ1) is 9.34. The summed E-state index contributed by atoms with van der Waals surface area (Å²) in [6.45, 7) is 0.689. The molecule has 100 valence electrons. The summed E-state index contributed by atoms with van der Waals surface area (Å²) in [5.74, 6) is 1.51. The van der Waals surface area contributed by atoms with Gasteiger partial charge in [-0.3, -0.25) is 4.79 Å². The topological polar surface area (TPSA) is 42.2 Å². The van der Waals surface area contributed by atoms with E-state index in [4.69, 9.17) is 4.42 Å². The molecule has 3 nitrogen and oxygen atoms in total. The number of amides is 1. The highest BCUT2D eigenvalue weighted by Gasteiger charge is 2.02. The van der Waals surface area contributed by atoms with Crippen molar-refractivity contribution in [2.45, 2.75) is 17.7 Å². The first-order valence-corrected chi connectivity index (χ1v) is 7.30. The fourth-order valence-electron chi connectivity index (χ4n) is 1.66. The molecule has 0 aliphatic rings. The molecule has 2 rings (SSSR count). The van der Waals surface area contributed by atoms with E-state index in [-0.39, 0.29) is 5.91 Å². The number of carbonyl (C=O) groups is 1. The largest absolute Gasteiger partial charge is 0.469 e. The monoisotopic (exact) mass is 275 g/mol. The molecule has 1 amide bonds. The van der Waals surface area contributed by atoms with Crippen LogP contribution in [0.5, 0.6) is 0 Å². The Morgan fingerprint density at radius 1 is 1.16 bits per heavy atom. The summed E-state index contributed by atoms with van der Waals surface area (Å²) in [6.07, 6.45) is 3.43. The van der Waals surface area contributed by atoms with Gasteiger partial charge >= 0.3 is 0 Å². The lowest BCUT2D eigenvalue weighted by Crippen LogP contribution is -2.26. The Bertz CT molecular complexity index is 482. The summed E-state index contributed by atoms with van der Waals surface area (Å²) in [5, 5.41) is 2.91. The second-order valence-corrected chi connectivity index (χ2v) is 5.18. The molecule has 0 fully saturated rings. The van der Waals surface area contributed by atoms with Crippen molar-refractivity contribution < 1.29 is 9.21 Å². The third-order valence-corrected chi connectivity index (χ3v) is 3.63. The highest BCUT2D eigenvalue weighted by molar-refractivity contribution is 8.00. The molecule has 0 radical (unpaired) electrons. The number of carbonyl (C=O) groups excluding carboxylic acids is 1. The molecule has 1 aromatic carbocycles. The van der Waals surface area contributed by atoms with Crippen LogP contribution in [-0.4, -0.2) is 18.2 Å². The minimum atomic E-state index is 0.0771. The SMILES string of the molecule is O=C(CSc1ccccc1)NCCCc1ccco1. The molecule has 1 heterocycles. The number of hydrogen-bond acceptors (Lipinski definition) is 3. The molecule has 1 N–H and O–H groups in total. The maximum Gasteiger partial charge on any atom is 0.230 e. The molecule has 0 saturated carbocycles. The Morgan fingerprint density at radius 2 is 2.00 bits per heavy atom. The van der Waals surface area contributed by atoms with Gasteiger partial charge in [-0.15, -0.1) is 11.8 Å². The maximum absolute atomic E-state index is 11.6. The fraction of sp³-hybridized carbons (Fsp3) is 0.267. The molecule has 0 spiro atoms. The minimum absolute atomic E-state index is 0.0771. The number of furan rings is 1. The van der Waals surface area contributed by atoms with Gasteiger partial charge in [0.15, 0.2) is 0 Å². The van der Waals surface area contributed by atoms with Crippen LogP contribution in [-0.2, 0) is 11.2 Å². The third-order valence-electron chi connectivity index (χ3n) is 2.62. The minimum Gasteiger partial charge on any atom is -0.469 e. The molecule has 4 heteroatoms. The number of nitrogens with one attached hydrogen (secondary N) is 1. The molecule has 0 unspecified atom stereocenters. The summed E-state index contributed by atoms with van der Waals surface area (Å²) in [7, 11) is 0. The quantitative estimate of drug-likeness (QED) is 0.623. The van der Waals surface area contributed by atoms with Gasteiger partial charge in [-0.25, -0.2) is 0 Å². The van der Waals surface area contributed by atoms with Crippen LogP contribution < -0.4 is 5.32 Å². The van der Waals surface area contributed by atoms with Crippen LogP contribution in [0, 0.1) is 0 Å². The van der Waals surface area contributed by atoms with Crippen LogP contribution in [0.4, 0.5) is 0 Å². The van der Waals surface area contributed by atoms with Crippen LogP contribution in [0.1, 0.15) is 12.2 Å². The molecule has 19 heavy (non-hydrogen) atoms. The van der Waals surface area contributed by atoms with E-state index in [0.29, 0.717) is 12.3 Å². The highest BCUT2D eigenvalue weighted by atomic mass is 32.2. The second-order valence-electron chi connectivity index (χ2n) is 4.13. The van der Waals surface area contributed by atoms with E-state index in [2.05, 4.69) is 5.32 Å². The van der Waals surface area contributed by atoms with E-state index in [1.807, 2.05) is 42.5 Å². The van der Waals surface area contributed by atoms with Crippen LogP contribution in [0.25, 0.3) is 0 Å². The van der Waals surface area contributed by atoms with Crippen molar-refractivity contribution in [3.8, 4) is 0 Å². The lowest BCUT2D eigenvalue weighted by molar-refractivity contribution is -0.118. The number of rotatable bonds is 7. The average molecular weight is 275 g/mol. The Kier molecular flexibility index (Phi) is 5.56. The zero-order valence-corrected chi connectivity index (χ0v) is 11.5. The van der Waals surface area contributed by atoms with Crippen LogP contribution in [0.2, 0.25) is 0 Å². The molecular weight excluding hydrogens is 258 g/mol. The van der Waals surface area contributed by atoms with E-state index in [1.54, 1.807) is 18.0 Å². The zero-order chi connectivity index (χ0) is 13.3. The lowest BCUT2D eigenvalue weighted by atomic mass is 10.2. The second kappa shape index (κ2) is 7.69. The van der Waals surface area contributed by atoms with Gasteiger partial charge in [-0.05, 0) is 30.7 Å². The van der Waals surface area contributed by atoms with E-state index >= 15 is 0 Å². The maximum atomic E-state index is 11.6. The van der Waals surface area contributed by atoms with Crippen LogP contribution in [0.3, 0.4) is 0 Å².